The quantitative estimate of drug-likeness (QED) is 0.644. The van der Waals surface area contributed by atoms with Gasteiger partial charge in [0.2, 0.25) is 5.91 Å². The summed E-state index contributed by atoms with van der Waals surface area (Å²) < 4.78 is 0. The minimum Gasteiger partial charge on any atom is -0.369 e. The molecule has 0 radical (unpaired) electrons. The van der Waals surface area contributed by atoms with Crippen molar-refractivity contribution in [1.82, 2.24) is 5.32 Å². The van der Waals surface area contributed by atoms with Gasteiger partial charge in [-0.15, -0.1) is 0 Å². The minimum atomic E-state index is -0.265. The number of hydrogen-bond donors (Lipinski definition) is 2. The third-order valence-corrected chi connectivity index (χ3v) is 3.57. The standard InChI is InChI=1S/C13H15N3O/c14-13(17)10-7-15-6-5-9-8-3-1-2-4-11(8)16-12(9)10/h1-4,10,12,15H,5-7H2,(H2,14,17). The van der Waals surface area contributed by atoms with Crippen molar-refractivity contribution in [3.05, 3.63) is 34.8 Å². The van der Waals surface area contributed by atoms with E-state index >= 15 is 0 Å². The molecule has 3 rings (SSSR count). The summed E-state index contributed by atoms with van der Waals surface area (Å²) in [5.41, 5.74) is 6.73. The summed E-state index contributed by atoms with van der Waals surface area (Å²) in [6.45, 7) is 1.51. The van der Waals surface area contributed by atoms with Crippen molar-refractivity contribution < 1.29 is 4.79 Å². The summed E-state index contributed by atoms with van der Waals surface area (Å²) in [4.78, 5) is 16.2. The number of fused-ring (bicyclic) bond motifs is 2. The van der Waals surface area contributed by atoms with Crippen LogP contribution in [-0.2, 0) is 4.79 Å². The van der Waals surface area contributed by atoms with Crippen LogP contribution in [0.1, 0.15) is 6.42 Å². The predicted octanol–water partition coefficient (Wildman–Crippen LogP) is -1.07. The van der Waals surface area contributed by atoms with Crippen molar-refractivity contribution in [2.75, 3.05) is 13.1 Å². The van der Waals surface area contributed by atoms with E-state index < -0.39 is 0 Å². The molecule has 88 valence electrons. The Morgan fingerprint density at radius 1 is 1.41 bits per heavy atom. The average molecular weight is 229 g/mol. The van der Waals surface area contributed by atoms with Gasteiger partial charge in [0.05, 0.1) is 17.3 Å². The van der Waals surface area contributed by atoms with Gasteiger partial charge in [0, 0.05) is 11.8 Å². The van der Waals surface area contributed by atoms with E-state index in [0.717, 1.165) is 18.3 Å². The zero-order valence-corrected chi connectivity index (χ0v) is 9.52. The zero-order chi connectivity index (χ0) is 11.8. The number of nitrogens with one attached hydrogen (secondary N) is 1. The van der Waals surface area contributed by atoms with E-state index in [1.54, 1.807) is 0 Å². The van der Waals surface area contributed by atoms with E-state index in [1.807, 2.05) is 18.2 Å². The van der Waals surface area contributed by atoms with Gasteiger partial charge in [-0.05, 0) is 24.6 Å². The number of nitrogens with zero attached hydrogens (tertiary/aromatic N) is 1. The largest absolute Gasteiger partial charge is 0.369 e. The molecule has 0 spiro atoms. The summed E-state index contributed by atoms with van der Waals surface area (Å²) in [7, 11) is 0. The van der Waals surface area contributed by atoms with Crippen LogP contribution in [-0.4, -0.2) is 25.0 Å². The monoisotopic (exact) mass is 229 g/mol. The van der Waals surface area contributed by atoms with Gasteiger partial charge < -0.3 is 11.1 Å². The number of rotatable bonds is 1. The molecule has 2 aliphatic heterocycles. The fraction of sp³-hybridized carbons (Fsp3) is 0.385. The van der Waals surface area contributed by atoms with Crippen LogP contribution >= 0.6 is 0 Å². The number of primary amides is 1. The van der Waals surface area contributed by atoms with Crippen molar-refractivity contribution in [3.63, 3.8) is 0 Å². The molecule has 0 bridgehead atoms. The van der Waals surface area contributed by atoms with Crippen molar-refractivity contribution in [1.29, 1.82) is 0 Å². The van der Waals surface area contributed by atoms with Gasteiger partial charge in [0.1, 0.15) is 0 Å². The van der Waals surface area contributed by atoms with Crippen LogP contribution < -0.4 is 21.6 Å². The molecule has 1 aromatic carbocycles. The Balaban J connectivity index is 2.17. The summed E-state index contributed by atoms with van der Waals surface area (Å²) in [5.74, 6) is -0.488. The molecule has 4 heteroatoms. The van der Waals surface area contributed by atoms with Crippen molar-refractivity contribution in [2.45, 2.75) is 12.5 Å². The maximum absolute atomic E-state index is 11.5. The van der Waals surface area contributed by atoms with Crippen molar-refractivity contribution in [2.24, 2.45) is 16.6 Å². The molecule has 3 N–H and O–H groups in total. The fourth-order valence-corrected chi connectivity index (χ4v) is 2.71. The Labute approximate surface area is 99.2 Å². The highest BCUT2D eigenvalue weighted by Gasteiger charge is 2.33. The molecule has 1 aromatic rings. The molecule has 0 aliphatic carbocycles. The Hall–Kier alpha value is -1.68. The zero-order valence-electron chi connectivity index (χ0n) is 9.52. The van der Waals surface area contributed by atoms with Crippen LogP contribution in [0.4, 0.5) is 0 Å². The first-order valence-electron chi connectivity index (χ1n) is 5.93. The van der Waals surface area contributed by atoms with Crippen LogP contribution in [0.3, 0.4) is 0 Å². The smallest absolute Gasteiger partial charge is 0.224 e. The molecule has 4 nitrogen and oxygen atoms in total. The van der Waals surface area contributed by atoms with Crippen molar-refractivity contribution in [3.8, 4) is 0 Å². The molecule has 2 atom stereocenters. The van der Waals surface area contributed by atoms with Gasteiger partial charge in [0.15, 0.2) is 0 Å². The molecule has 1 saturated heterocycles. The maximum atomic E-state index is 11.5. The van der Waals surface area contributed by atoms with Gasteiger partial charge in [-0.3, -0.25) is 9.79 Å². The molecule has 0 saturated carbocycles. The van der Waals surface area contributed by atoms with E-state index in [1.165, 1.54) is 10.8 Å². The second-order valence-electron chi connectivity index (χ2n) is 4.58. The summed E-state index contributed by atoms with van der Waals surface area (Å²) in [6, 6.07) is 8.02. The molecular weight excluding hydrogens is 214 g/mol. The van der Waals surface area contributed by atoms with Gasteiger partial charge in [-0.2, -0.15) is 0 Å². The highest BCUT2D eigenvalue weighted by molar-refractivity contribution is 5.80. The lowest BCUT2D eigenvalue weighted by molar-refractivity contribution is -0.121. The lowest BCUT2D eigenvalue weighted by atomic mass is 9.92. The highest BCUT2D eigenvalue weighted by atomic mass is 16.1. The van der Waals surface area contributed by atoms with Crippen LogP contribution in [0.2, 0.25) is 0 Å². The Morgan fingerprint density at radius 2 is 2.24 bits per heavy atom. The Kier molecular flexibility index (Phi) is 2.44. The van der Waals surface area contributed by atoms with E-state index in [-0.39, 0.29) is 17.9 Å². The highest BCUT2D eigenvalue weighted by Crippen LogP contribution is 2.23. The second-order valence-corrected chi connectivity index (χ2v) is 4.58. The first kappa shape index (κ1) is 10.5. The SMILES string of the molecule is NC(=O)C1CNCCC2=c3ccccc3=NC21. The topological polar surface area (TPSA) is 67.5 Å². The normalized spacial score (nSPS) is 26.7. The molecule has 2 unspecified atom stereocenters. The number of amides is 1. The molecule has 2 aliphatic rings. The van der Waals surface area contributed by atoms with E-state index in [4.69, 9.17) is 5.73 Å². The van der Waals surface area contributed by atoms with Gasteiger partial charge in [0.25, 0.3) is 0 Å². The van der Waals surface area contributed by atoms with Gasteiger partial charge >= 0.3 is 0 Å². The molecule has 1 amide bonds. The summed E-state index contributed by atoms with van der Waals surface area (Å²) in [6.07, 6.45) is 0.939. The van der Waals surface area contributed by atoms with Crippen LogP contribution in [0.25, 0.3) is 5.57 Å². The number of para-hydroxylation sites is 1. The third kappa shape index (κ3) is 1.65. The van der Waals surface area contributed by atoms with Crippen LogP contribution in [0.15, 0.2) is 29.3 Å². The molecule has 17 heavy (non-hydrogen) atoms. The Bertz CT molecular complexity index is 579. The minimum absolute atomic E-state index is 0.0556. The second kappa shape index (κ2) is 3.96. The van der Waals surface area contributed by atoms with Gasteiger partial charge in [-0.25, -0.2) is 0 Å². The van der Waals surface area contributed by atoms with Crippen LogP contribution in [0.5, 0.6) is 0 Å². The summed E-state index contributed by atoms with van der Waals surface area (Å²) >= 11 is 0. The van der Waals surface area contributed by atoms with Gasteiger partial charge in [-0.1, -0.05) is 18.2 Å². The lowest BCUT2D eigenvalue weighted by Gasteiger charge is -2.17. The summed E-state index contributed by atoms with van der Waals surface area (Å²) in [5, 5.41) is 5.44. The van der Waals surface area contributed by atoms with Crippen molar-refractivity contribution >= 4 is 11.5 Å². The third-order valence-electron chi connectivity index (χ3n) is 3.57. The molecule has 0 aromatic heterocycles. The average Bonchev–Trinajstić information content (AvgIpc) is 2.54. The predicted molar refractivity (Wildman–Crippen MR) is 64.6 cm³/mol. The van der Waals surface area contributed by atoms with E-state index in [2.05, 4.69) is 16.4 Å². The fourth-order valence-electron chi connectivity index (χ4n) is 2.71. The Morgan fingerprint density at radius 3 is 3.06 bits per heavy atom. The molecule has 1 fully saturated rings. The number of nitrogens with two attached hydrogens (primary N) is 1. The van der Waals surface area contributed by atoms with E-state index in [0.29, 0.717) is 6.54 Å². The number of carbonyl (C=O) groups is 1. The lowest BCUT2D eigenvalue weighted by Crippen LogP contribution is -2.38. The van der Waals surface area contributed by atoms with E-state index in [9.17, 15) is 4.79 Å². The number of benzene rings is 1. The first-order valence-corrected chi connectivity index (χ1v) is 5.93. The number of hydrogen-bond acceptors (Lipinski definition) is 3. The van der Waals surface area contributed by atoms with Crippen LogP contribution in [0, 0.1) is 5.92 Å². The molecular formula is C13H15N3O. The maximum Gasteiger partial charge on any atom is 0.224 e. The molecule has 2 heterocycles. The first-order chi connectivity index (χ1) is 8.27. The number of carbonyl (C=O) groups excluding carboxylic acids is 1.